The summed E-state index contributed by atoms with van der Waals surface area (Å²) in [5, 5.41) is 3.35. The van der Waals surface area contributed by atoms with Gasteiger partial charge in [-0.2, -0.15) is 15.0 Å². The smallest absolute Gasteiger partial charge is 0.232 e. The zero-order valence-corrected chi connectivity index (χ0v) is 15.5. The highest BCUT2D eigenvalue weighted by Crippen LogP contribution is 2.20. The molecule has 1 N–H and O–H groups in total. The molecular weight excluding hydrogens is 326 g/mol. The van der Waals surface area contributed by atoms with E-state index in [4.69, 9.17) is 15.0 Å². The number of rotatable bonds is 11. The van der Waals surface area contributed by atoms with Gasteiger partial charge < -0.3 is 20.0 Å². The fourth-order valence-corrected chi connectivity index (χ4v) is 2.73. The standard InChI is InChI=1S/C19H29N7/c1-5-11-24(12-6-2)17-21-18(25(13-7-3)14-8-4)23-19(22-17)26-15-9-20-10-16-26/h5-8,20H,1-4,9-16H2. The molecule has 1 aromatic rings. The fourth-order valence-electron chi connectivity index (χ4n) is 2.73. The second kappa shape index (κ2) is 10.4. The molecule has 0 amide bonds. The van der Waals surface area contributed by atoms with Gasteiger partial charge in [0.2, 0.25) is 17.8 Å². The van der Waals surface area contributed by atoms with Crippen LogP contribution < -0.4 is 20.0 Å². The molecule has 0 aliphatic carbocycles. The monoisotopic (exact) mass is 355 g/mol. The van der Waals surface area contributed by atoms with E-state index in [-0.39, 0.29) is 0 Å². The van der Waals surface area contributed by atoms with E-state index in [9.17, 15) is 0 Å². The van der Waals surface area contributed by atoms with Crippen molar-refractivity contribution >= 4 is 17.8 Å². The van der Waals surface area contributed by atoms with Crippen molar-refractivity contribution < 1.29 is 0 Å². The molecule has 2 rings (SSSR count). The van der Waals surface area contributed by atoms with Crippen molar-refractivity contribution in [3.63, 3.8) is 0 Å². The number of aromatic nitrogens is 3. The lowest BCUT2D eigenvalue weighted by molar-refractivity contribution is 0.578. The number of hydrogen-bond acceptors (Lipinski definition) is 7. The van der Waals surface area contributed by atoms with Crippen molar-refractivity contribution in [1.29, 1.82) is 0 Å². The van der Waals surface area contributed by atoms with Crippen molar-refractivity contribution in [2.24, 2.45) is 0 Å². The van der Waals surface area contributed by atoms with Crippen LogP contribution in [0.4, 0.5) is 17.8 Å². The number of anilines is 3. The molecule has 7 nitrogen and oxygen atoms in total. The van der Waals surface area contributed by atoms with Crippen LogP contribution in [0.5, 0.6) is 0 Å². The van der Waals surface area contributed by atoms with E-state index in [2.05, 4.69) is 36.5 Å². The molecular formula is C19H29N7. The SMILES string of the molecule is C=CCN(CC=C)c1nc(N(CC=C)CC=C)nc(N2CCNCC2)n1. The van der Waals surface area contributed by atoms with Gasteiger partial charge >= 0.3 is 0 Å². The lowest BCUT2D eigenvalue weighted by Crippen LogP contribution is -2.44. The molecule has 1 saturated heterocycles. The molecule has 0 bridgehead atoms. The second-order valence-electron chi connectivity index (χ2n) is 5.94. The number of hydrogen-bond donors (Lipinski definition) is 1. The molecule has 7 heteroatoms. The minimum absolute atomic E-state index is 0.626. The van der Waals surface area contributed by atoms with Gasteiger partial charge in [-0.25, -0.2) is 0 Å². The Bertz CT molecular complexity index is 560. The molecule has 140 valence electrons. The summed E-state index contributed by atoms with van der Waals surface area (Å²) in [5.74, 6) is 1.95. The molecule has 1 fully saturated rings. The van der Waals surface area contributed by atoms with Gasteiger partial charge in [0.25, 0.3) is 0 Å². The Morgan fingerprint density at radius 3 is 1.58 bits per heavy atom. The van der Waals surface area contributed by atoms with E-state index < -0.39 is 0 Å². The summed E-state index contributed by atoms with van der Waals surface area (Å²) in [6.07, 6.45) is 7.34. The zero-order chi connectivity index (χ0) is 18.8. The highest BCUT2D eigenvalue weighted by molar-refractivity contribution is 5.48. The summed E-state index contributed by atoms with van der Waals surface area (Å²) < 4.78 is 0. The lowest BCUT2D eigenvalue weighted by Gasteiger charge is -2.30. The molecule has 2 heterocycles. The van der Waals surface area contributed by atoms with Gasteiger partial charge in [0.05, 0.1) is 0 Å². The highest BCUT2D eigenvalue weighted by atomic mass is 15.4. The number of nitrogens with one attached hydrogen (secondary N) is 1. The van der Waals surface area contributed by atoms with Crippen LogP contribution in [0, 0.1) is 0 Å². The second-order valence-corrected chi connectivity index (χ2v) is 5.94. The first kappa shape index (κ1) is 19.7. The van der Waals surface area contributed by atoms with E-state index in [1.54, 1.807) is 0 Å². The van der Waals surface area contributed by atoms with E-state index in [0.29, 0.717) is 44.0 Å². The van der Waals surface area contributed by atoms with Gasteiger partial charge in [-0.3, -0.25) is 0 Å². The molecule has 0 aromatic carbocycles. The van der Waals surface area contributed by atoms with Crippen LogP contribution in [0.1, 0.15) is 0 Å². The average Bonchev–Trinajstić information content (AvgIpc) is 2.68. The van der Waals surface area contributed by atoms with Crippen molar-refractivity contribution in [2.45, 2.75) is 0 Å². The molecule has 1 aliphatic heterocycles. The Hall–Kier alpha value is -2.67. The van der Waals surface area contributed by atoms with Crippen LogP contribution >= 0.6 is 0 Å². The minimum atomic E-state index is 0.626. The summed E-state index contributed by atoms with van der Waals surface area (Å²) in [6.45, 7) is 21.5. The summed E-state index contributed by atoms with van der Waals surface area (Å²) in [7, 11) is 0. The van der Waals surface area contributed by atoms with Gasteiger partial charge in [-0.05, 0) is 0 Å². The van der Waals surface area contributed by atoms with E-state index in [1.165, 1.54) is 0 Å². The quantitative estimate of drug-likeness (QED) is 0.606. The van der Waals surface area contributed by atoms with Crippen molar-refractivity contribution in [1.82, 2.24) is 20.3 Å². The fraction of sp³-hybridized carbons (Fsp3) is 0.421. The minimum Gasteiger partial charge on any atom is -0.338 e. The molecule has 1 aliphatic rings. The van der Waals surface area contributed by atoms with Gasteiger partial charge in [0.15, 0.2) is 0 Å². The predicted octanol–water partition coefficient (Wildman–Crippen LogP) is 1.64. The van der Waals surface area contributed by atoms with Gasteiger partial charge in [-0.1, -0.05) is 24.3 Å². The Kier molecular flexibility index (Phi) is 7.82. The van der Waals surface area contributed by atoms with Crippen LogP contribution in [0.2, 0.25) is 0 Å². The molecule has 1 aromatic heterocycles. The van der Waals surface area contributed by atoms with Gasteiger partial charge in [0.1, 0.15) is 0 Å². The first-order valence-electron chi connectivity index (χ1n) is 8.88. The number of nitrogens with zero attached hydrogens (tertiary/aromatic N) is 6. The average molecular weight is 355 g/mol. The van der Waals surface area contributed by atoms with E-state index in [0.717, 1.165) is 26.2 Å². The maximum absolute atomic E-state index is 4.73. The number of piperazine rings is 1. The van der Waals surface area contributed by atoms with Crippen molar-refractivity contribution in [3.05, 3.63) is 50.6 Å². The van der Waals surface area contributed by atoms with Crippen LogP contribution in [0.15, 0.2) is 50.6 Å². The maximum atomic E-state index is 4.73. The third-order valence-corrected chi connectivity index (χ3v) is 3.96. The first-order valence-corrected chi connectivity index (χ1v) is 8.88. The molecule has 0 saturated carbocycles. The Morgan fingerprint density at radius 2 is 1.19 bits per heavy atom. The van der Waals surface area contributed by atoms with Crippen LogP contribution in [0.3, 0.4) is 0 Å². The normalized spacial score (nSPS) is 13.8. The van der Waals surface area contributed by atoms with E-state index in [1.807, 2.05) is 34.1 Å². The van der Waals surface area contributed by atoms with Gasteiger partial charge in [0, 0.05) is 52.4 Å². The topological polar surface area (TPSA) is 60.4 Å². The summed E-state index contributed by atoms with van der Waals surface area (Å²) in [5.41, 5.74) is 0. The van der Waals surface area contributed by atoms with Crippen molar-refractivity contribution in [3.8, 4) is 0 Å². The first-order chi connectivity index (χ1) is 12.7. The summed E-state index contributed by atoms with van der Waals surface area (Å²) >= 11 is 0. The van der Waals surface area contributed by atoms with Gasteiger partial charge in [-0.15, -0.1) is 26.3 Å². The van der Waals surface area contributed by atoms with Crippen molar-refractivity contribution in [2.75, 3.05) is 67.1 Å². The van der Waals surface area contributed by atoms with Crippen LogP contribution in [0.25, 0.3) is 0 Å². The predicted molar refractivity (Wildman–Crippen MR) is 110 cm³/mol. The summed E-state index contributed by atoms with van der Waals surface area (Å²) in [4.78, 5) is 20.4. The third kappa shape index (κ3) is 5.16. The largest absolute Gasteiger partial charge is 0.338 e. The molecule has 26 heavy (non-hydrogen) atoms. The Morgan fingerprint density at radius 1 is 0.769 bits per heavy atom. The molecule has 0 atom stereocenters. The summed E-state index contributed by atoms with van der Waals surface area (Å²) in [6, 6.07) is 0. The van der Waals surface area contributed by atoms with Crippen LogP contribution in [-0.4, -0.2) is 67.3 Å². The third-order valence-electron chi connectivity index (χ3n) is 3.96. The molecule has 0 unspecified atom stereocenters. The Balaban J connectivity index is 2.45. The highest BCUT2D eigenvalue weighted by Gasteiger charge is 2.20. The maximum Gasteiger partial charge on any atom is 0.232 e. The van der Waals surface area contributed by atoms with E-state index >= 15 is 0 Å². The van der Waals surface area contributed by atoms with Crippen LogP contribution in [-0.2, 0) is 0 Å². The lowest BCUT2D eigenvalue weighted by atomic mass is 10.4. The zero-order valence-electron chi connectivity index (χ0n) is 15.5. The molecule has 0 spiro atoms. The Labute approximate surface area is 156 Å². The molecule has 0 radical (unpaired) electrons.